The van der Waals surface area contributed by atoms with Gasteiger partial charge < -0.3 is 5.84 Å². The van der Waals surface area contributed by atoms with Gasteiger partial charge in [0.2, 0.25) is 0 Å². The third kappa shape index (κ3) is 2.85. The van der Waals surface area contributed by atoms with Gasteiger partial charge in [0.25, 0.3) is 5.56 Å². The van der Waals surface area contributed by atoms with Gasteiger partial charge in [0.1, 0.15) is 9.83 Å². The van der Waals surface area contributed by atoms with E-state index in [1.807, 2.05) is 0 Å². The molecule has 0 radical (unpaired) electrons. The third-order valence-electron chi connectivity index (χ3n) is 4.38. The molecule has 0 aliphatic carbocycles. The molecule has 3 heterocycles. The average Bonchev–Trinajstić information content (AvgIpc) is 3.31. The van der Waals surface area contributed by atoms with Crippen molar-refractivity contribution in [3.05, 3.63) is 79.7 Å². The fraction of sp³-hybridized carbons (Fsp3) is 0.111. The molecule has 142 valence electrons. The van der Waals surface area contributed by atoms with Crippen LogP contribution in [-0.2, 0) is 6.54 Å². The standard InChI is InChI=1S/C18H14ClN5O3S/c1-10-14-15(26)24(20)18(27)22(9-13(25)11-4-2-5-12(19)8-11)17(14)28-16(10)23-7-3-6-21-23/h2-8H,9,20H2,1H3. The number of nitrogen functional groups attached to an aromatic ring is 1. The van der Waals surface area contributed by atoms with Gasteiger partial charge in [-0.15, -0.1) is 0 Å². The molecule has 3 aromatic heterocycles. The first-order valence-corrected chi connectivity index (χ1v) is 9.40. The summed E-state index contributed by atoms with van der Waals surface area (Å²) in [6.45, 7) is 1.48. The Hall–Kier alpha value is -3.17. The molecule has 0 atom stereocenters. The topological polar surface area (TPSA) is 105 Å². The summed E-state index contributed by atoms with van der Waals surface area (Å²) in [7, 11) is 0. The first-order valence-electron chi connectivity index (χ1n) is 8.21. The molecule has 1 aromatic carbocycles. The van der Waals surface area contributed by atoms with Gasteiger partial charge in [-0.25, -0.2) is 9.48 Å². The monoisotopic (exact) mass is 415 g/mol. The number of thiophene rings is 1. The molecule has 0 bridgehead atoms. The predicted octanol–water partition coefficient (Wildman–Crippen LogP) is 1.97. The highest BCUT2D eigenvalue weighted by molar-refractivity contribution is 7.21. The lowest BCUT2D eigenvalue weighted by molar-refractivity contribution is 0.0971. The summed E-state index contributed by atoms with van der Waals surface area (Å²) < 4.78 is 3.35. The Balaban J connectivity index is 1.93. The van der Waals surface area contributed by atoms with E-state index in [0.717, 1.165) is 0 Å². The minimum Gasteiger partial charge on any atom is -0.332 e. The molecular formula is C18H14ClN5O3S. The first-order chi connectivity index (χ1) is 13.4. The normalized spacial score (nSPS) is 11.2. The zero-order chi connectivity index (χ0) is 20.0. The number of carbonyl (C=O) groups is 1. The summed E-state index contributed by atoms with van der Waals surface area (Å²) in [5.41, 5.74) is -0.375. The lowest BCUT2D eigenvalue weighted by atomic mass is 10.1. The van der Waals surface area contributed by atoms with Crippen LogP contribution in [0.25, 0.3) is 15.2 Å². The van der Waals surface area contributed by atoms with Crippen LogP contribution in [0.5, 0.6) is 0 Å². The van der Waals surface area contributed by atoms with Gasteiger partial charge >= 0.3 is 5.69 Å². The van der Waals surface area contributed by atoms with E-state index in [1.165, 1.54) is 22.0 Å². The van der Waals surface area contributed by atoms with Gasteiger partial charge in [-0.3, -0.25) is 14.2 Å². The quantitative estimate of drug-likeness (QED) is 0.405. The maximum atomic E-state index is 12.7. The molecule has 0 amide bonds. The molecule has 0 spiro atoms. The molecule has 0 saturated carbocycles. The van der Waals surface area contributed by atoms with E-state index < -0.39 is 11.2 Å². The van der Waals surface area contributed by atoms with E-state index in [4.69, 9.17) is 17.4 Å². The number of nitrogens with two attached hydrogens (primary N) is 1. The van der Waals surface area contributed by atoms with Crippen molar-refractivity contribution in [3.8, 4) is 5.00 Å². The molecule has 0 saturated heterocycles. The highest BCUT2D eigenvalue weighted by Gasteiger charge is 2.21. The van der Waals surface area contributed by atoms with Crippen molar-refractivity contribution >= 4 is 38.9 Å². The summed E-state index contributed by atoms with van der Waals surface area (Å²) in [4.78, 5) is 38.3. The Bertz CT molecular complexity index is 1330. The van der Waals surface area contributed by atoms with Crippen LogP contribution in [-0.4, -0.2) is 24.8 Å². The van der Waals surface area contributed by atoms with E-state index in [0.29, 0.717) is 30.7 Å². The number of nitrogens with zero attached hydrogens (tertiary/aromatic N) is 4. The number of fused-ring (bicyclic) bond motifs is 1. The molecule has 4 aromatic rings. The van der Waals surface area contributed by atoms with Crippen molar-refractivity contribution in [2.24, 2.45) is 0 Å². The van der Waals surface area contributed by atoms with Crippen LogP contribution < -0.4 is 17.1 Å². The third-order valence-corrected chi connectivity index (χ3v) is 5.92. The summed E-state index contributed by atoms with van der Waals surface area (Å²) in [6.07, 6.45) is 3.35. The Morgan fingerprint density at radius 1 is 1.29 bits per heavy atom. The van der Waals surface area contributed by atoms with Crippen LogP contribution in [0.2, 0.25) is 5.02 Å². The van der Waals surface area contributed by atoms with Gasteiger partial charge in [0.05, 0.1) is 11.9 Å². The van der Waals surface area contributed by atoms with Crippen LogP contribution in [0.3, 0.4) is 0 Å². The largest absolute Gasteiger partial charge is 0.351 e. The highest BCUT2D eigenvalue weighted by atomic mass is 35.5. The molecule has 0 fully saturated rings. The number of aromatic nitrogens is 4. The van der Waals surface area contributed by atoms with E-state index in [-0.39, 0.29) is 17.7 Å². The molecule has 4 rings (SSSR count). The van der Waals surface area contributed by atoms with Gasteiger partial charge in [0.15, 0.2) is 5.78 Å². The summed E-state index contributed by atoms with van der Waals surface area (Å²) in [5, 5.41) is 5.56. The molecular weight excluding hydrogens is 402 g/mol. The minimum atomic E-state index is -0.763. The Morgan fingerprint density at radius 2 is 2.07 bits per heavy atom. The Morgan fingerprint density at radius 3 is 2.75 bits per heavy atom. The van der Waals surface area contributed by atoms with Crippen LogP contribution in [0.1, 0.15) is 15.9 Å². The second kappa shape index (κ2) is 6.77. The van der Waals surface area contributed by atoms with Gasteiger partial charge in [0, 0.05) is 28.5 Å². The van der Waals surface area contributed by atoms with E-state index in [2.05, 4.69) is 5.10 Å². The number of aryl methyl sites for hydroxylation is 1. The molecule has 2 N–H and O–H groups in total. The number of hydrogen-bond acceptors (Lipinski definition) is 6. The smallest absolute Gasteiger partial charge is 0.332 e. The van der Waals surface area contributed by atoms with E-state index >= 15 is 0 Å². The summed E-state index contributed by atoms with van der Waals surface area (Å²) in [5.74, 6) is 5.38. The highest BCUT2D eigenvalue weighted by Crippen LogP contribution is 2.30. The fourth-order valence-corrected chi connectivity index (χ4v) is 4.42. The second-order valence-electron chi connectivity index (χ2n) is 6.14. The zero-order valence-corrected chi connectivity index (χ0v) is 16.2. The lowest BCUT2D eigenvalue weighted by Crippen LogP contribution is -2.45. The molecule has 0 aliphatic rings. The number of Topliss-reactive ketones (excluding diaryl/α,β-unsaturated/α-hetero) is 1. The summed E-state index contributed by atoms with van der Waals surface area (Å²) >= 11 is 7.15. The Kier molecular flexibility index (Phi) is 4.40. The van der Waals surface area contributed by atoms with E-state index in [9.17, 15) is 14.4 Å². The van der Waals surface area contributed by atoms with Gasteiger partial charge in [-0.2, -0.15) is 9.77 Å². The van der Waals surface area contributed by atoms with Gasteiger partial charge in [-0.1, -0.05) is 35.1 Å². The lowest BCUT2D eigenvalue weighted by Gasteiger charge is -2.09. The van der Waals surface area contributed by atoms with Crippen molar-refractivity contribution in [2.45, 2.75) is 13.5 Å². The number of hydrogen-bond donors (Lipinski definition) is 1. The fourth-order valence-electron chi connectivity index (χ4n) is 3.00. The number of carbonyl (C=O) groups excluding carboxylic acids is 1. The number of ketones is 1. The molecule has 0 unspecified atom stereocenters. The van der Waals surface area contributed by atoms with Crippen LogP contribution in [0.15, 0.2) is 52.3 Å². The van der Waals surface area contributed by atoms with E-state index in [1.54, 1.807) is 48.3 Å². The van der Waals surface area contributed by atoms with Crippen molar-refractivity contribution < 1.29 is 4.79 Å². The summed E-state index contributed by atoms with van der Waals surface area (Å²) in [6, 6.07) is 8.20. The van der Waals surface area contributed by atoms with Crippen LogP contribution in [0, 0.1) is 6.92 Å². The van der Waals surface area contributed by atoms with Crippen LogP contribution >= 0.6 is 22.9 Å². The average molecular weight is 416 g/mol. The Labute approximate surface area is 167 Å². The second-order valence-corrected chi connectivity index (χ2v) is 7.55. The van der Waals surface area contributed by atoms with Gasteiger partial charge in [-0.05, 0) is 25.1 Å². The number of rotatable bonds is 4. The number of halogens is 1. The number of benzene rings is 1. The zero-order valence-electron chi connectivity index (χ0n) is 14.6. The minimum absolute atomic E-state index is 0.272. The first kappa shape index (κ1) is 18.2. The maximum absolute atomic E-state index is 12.7. The van der Waals surface area contributed by atoms with Crippen molar-refractivity contribution in [2.75, 3.05) is 5.84 Å². The van der Waals surface area contributed by atoms with Crippen molar-refractivity contribution in [3.63, 3.8) is 0 Å². The van der Waals surface area contributed by atoms with Crippen molar-refractivity contribution in [1.82, 2.24) is 19.0 Å². The molecule has 8 nitrogen and oxygen atoms in total. The van der Waals surface area contributed by atoms with Crippen molar-refractivity contribution in [1.29, 1.82) is 0 Å². The van der Waals surface area contributed by atoms with Crippen LogP contribution in [0.4, 0.5) is 0 Å². The molecule has 28 heavy (non-hydrogen) atoms. The SMILES string of the molecule is Cc1c(-n2cccn2)sc2c1c(=O)n(N)c(=O)n2CC(=O)c1cccc(Cl)c1. The maximum Gasteiger partial charge on any atom is 0.351 e. The molecule has 0 aliphatic heterocycles. The predicted molar refractivity (Wildman–Crippen MR) is 108 cm³/mol. The molecule has 10 heteroatoms.